The molecule has 0 spiro atoms. The Morgan fingerprint density at radius 3 is 2.34 bits per heavy atom. The number of carboxylic acid groups (broad SMARTS) is 1. The zero-order valence-electron chi connectivity index (χ0n) is 23.7. The van der Waals surface area contributed by atoms with Crippen LogP contribution in [0.4, 0.5) is 5.69 Å². The molecule has 4 amide bonds. The summed E-state index contributed by atoms with van der Waals surface area (Å²) in [5, 5.41) is 44.7. The molecule has 3 rings (SSSR count). The monoisotopic (exact) mass is 619 g/mol. The topological polar surface area (TPSA) is 238 Å². The van der Waals surface area contributed by atoms with Gasteiger partial charge in [-0.05, 0) is 23.8 Å². The summed E-state index contributed by atoms with van der Waals surface area (Å²) in [6.45, 7) is 2.65. The fourth-order valence-corrected chi connectivity index (χ4v) is 3.92. The molecule has 5 atom stereocenters. The van der Waals surface area contributed by atoms with Crippen LogP contribution in [0, 0.1) is 5.92 Å². The largest absolute Gasteiger partial charge is 0.479 e. The van der Waals surface area contributed by atoms with Crippen LogP contribution in [0.15, 0.2) is 36.4 Å². The highest BCUT2D eigenvalue weighted by Gasteiger charge is 2.48. The van der Waals surface area contributed by atoms with Crippen molar-refractivity contribution in [2.75, 3.05) is 25.0 Å². The number of ether oxygens (including phenoxy) is 3. The second-order valence-electron chi connectivity index (χ2n) is 10.0. The van der Waals surface area contributed by atoms with Gasteiger partial charge in [0.25, 0.3) is 11.8 Å². The number of carbonyl (C=O) groups is 6. The summed E-state index contributed by atoms with van der Waals surface area (Å²) in [5.41, 5.74) is 0.518. The number of benzene rings is 1. The van der Waals surface area contributed by atoms with Crippen LogP contribution >= 0.6 is 0 Å². The lowest BCUT2D eigenvalue weighted by molar-refractivity contribution is -0.271. The van der Waals surface area contributed by atoms with Crippen LogP contribution in [-0.4, -0.2) is 111 Å². The Bertz CT molecular complexity index is 1320. The van der Waals surface area contributed by atoms with Gasteiger partial charge in [0.15, 0.2) is 6.10 Å². The highest BCUT2D eigenvalue weighted by atomic mass is 16.7. The van der Waals surface area contributed by atoms with E-state index in [1.54, 1.807) is 26.0 Å². The van der Waals surface area contributed by atoms with Crippen molar-refractivity contribution in [1.29, 1.82) is 0 Å². The quantitative estimate of drug-likeness (QED) is 0.109. The fraction of sp³-hybridized carbons (Fsp3) is 0.429. The SMILES string of the molecule is CC(C)C(=O)OC/C=C/c1ccc(O[C@@H]2O[C@H](C(=O)O)[C@@H](O)[C@H](O)[C@H]2O)c(NC(=O)CCNC(=O)CN2C(=O)C=CC2=O)c1. The van der Waals surface area contributed by atoms with E-state index in [-0.39, 0.29) is 36.9 Å². The molecular formula is C28H33N3O13. The van der Waals surface area contributed by atoms with Gasteiger partial charge in [0.2, 0.25) is 18.1 Å². The molecule has 0 saturated carbocycles. The molecule has 0 bridgehead atoms. The highest BCUT2D eigenvalue weighted by Crippen LogP contribution is 2.31. The summed E-state index contributed by atoms with van der Waals surface area (Å²) in [6, 6.07) is 4.33. The standard InChI is InChI=1S/C28H33N3O13/c1-14(2)27(41)42-11-3-4-15-5-6-17(43-28-24(38)22(36)23(37)25(44-28)26(39)40)16(12-15)30-18(32)9-10-29-19(33)13-31-20(34)7-8-21(31)35/h3-8,12,14,22-25,28,36-38H,9-11,13H2,1-2H3,(H,29,33)(H,30,32)(H,39,40)/b4-3+/t22-,23-,24+,25-,28+/m0/s1. The number of hydrogen-bond donors (Lipinski definition) is 6. The molecule has 0 aliphatic carbocycles. The van der Waals surface area contributed by atoms with Crippen LogP contribution < -0.4 is 15.4 Å². The van der Waals surface area contributed by atoms with Gasteiger partial charge in [0.1, 0.15) is 37.2 Å². The van der Waals surface area contributed by atoms with E-state index in [9.17, 15) is 49.2 Å². The van der Waals surface area contributed by atoms with Gasteiger partial charge in [-0.1, -0.05) is 26.0 Å². The third kappa shape index (κ3) is 8.93. The number of anilines is 1. The Hall–Kier alpha value is -4.64. The molecule has 44 heavy (non-hydrogen) atoms. The lowest BCUT2D eigenvalue weighted by atomic mass is 9.99. The van der Waals surface area contributed by atoms with Crippen molar-refractivity contribution in [1.82, 2.24) is 10.2 Å². The number of carbonyl (C=O) groups excluding carboxylic acids is 5. The van der Waals surface area contributed by atoms with E-state index >= 15 is 0 Å². The predicted octanol–water partition coefficient (Wildman–Crippen LogP) is -1.46. The molecule has 2 aliphatic heterocycles. The predicted molar refractivity (Wildman–Crippen MR) is 148 cm³/mol. The van der Waals surface area contributed by atoms with Crippen LogP contribution in [0.5, 0.6) is 5.75 Å². The number of rotatable bonds is 13. The van der Waals surface area contributed by atoms with Gasteiger partial charge < -0.3 is 45.3 Å². The molecule has 1 saturated heterocycles. The average molecular weight is 620 g/mol. The molecule has 1 fully saturated rings. The van der Waals surface area contributed by atoms with E-state index in [2.05, 4.69) is 10.6 Å². The van der Waals surface area contributed by atoms with Gasteiger partial charge in [-0.3, -0.25) is 28.9 Å². The zero-order chi connectivity index (χ0) is 32.6. The van der Waals surface area contributed by atoms with E-state index in [1.165, 1.54) is 18.2 Å². The fourth-order valence-electron chi connectivity index (χ4n) is 3.92. The second kappa shape index (κ2) is 15.2. The normalized spacial score (nSPS) is 23.2. The van der Waals surface area contributed by atoms with E-state index in [4.69, 9.17) is 14.2 Å². The highest BCUT2D eigenvalue weighted by molar-refractivity contribution is 6.14. The Kier molecular flexibility index (Phi) is 11.7. The van der Waals surface area contributed by atoms with Gasteiger partial charge in [-0.2, -0.15) is 0 Å². The zero-order valence-corrected chi connectivity index (χ0v) is 23.7. The first-order valence-corrected chi connectivity index (χ1v) is 13.4. The summed E-state index contributed by atoms with van der Waals surface area (Å²) in [7, 11) is 0. The molecule has 0 unspecified atom stereocenters. The van der Waals surface area contributed by atoms with Crippen LogP contribution in [-0.2, 0) is 38.2 Å². The van der Waals surface area contributed by atoms with Crippen molar-refractivity contribution in [3.8, 4) is 5.75 Å². The summed E-state index contributed by atoms with van der Waals surface area (Å²) >= 11 is 0. The number of aliphatic hydroxyl groups excluding tert-OH is 3. The Morgan fingerprint density at radius 1 is 1.02 bits per heavy atom. The van der Waals surface area contributed by atoms with Crippen molar-refractivity contribution in [3.05, 3.63) is 42.0 Å². The second-order valence-corrected chi connectivity index (χ2v) is 10.0. The third-order valence-corrected chi connectivity index (χ3v) is 6.31. The number of hydrogen-bond acceptors (Lipinski definition) is 12. The molecule has 1 aromatic rings. The van der Waals surface area contributed by atoms with E-state index in [0.717, 1.165) is 17.1 Å². The summed E-state index contributed by atoms with van der Waals surface area (Å²) in [6.07, 6.45) is -4.46. The maximum absolute atomic E-state index is 12.7. The number of carboxylic acids is 1. The molecular weight excluding hydrogens is 586 g/mol. The molecule has 6 N–H and O–H groups in total. The van der Waals surface area contributed by atoms with E-state index in [0.29, 0.717) is 5.56 Å². The molecule has 16 nitrogen and oxygen atoms in total. The average Bonchev–Trinajstić information content (AvgIpc) is 3.28. The first-order chi connectivity index (χ1) is 20.8. The molecule has 2 aliphatic rings. The molecule has 238 valence electrons. The van der Waals surface area contributed by atoms with Crippen LogP contribution in [0.25, 0.3) is 6.08 Å². The van der Waals surface area contributed by atoms with Gasteiger partial charge in [-0.25, -0.2) is 4.79 Å². The minimum absolute atomic E-state index is 0.0188. The number of nitrogens with one attached hydrogen (secondary N) is 2. The Labute approximate surface area is 250 Å². The van der Waals surface area contributed by atoms with E-state index < -0.39 is 72.8 Å². The summed E-state index contributed by atoms with van der Waals surface area (Å²) in [4.78, 5) is 71.9. The Morgan fingerprint density at radius 2 is 1.70 bits per heavy atom. The first kappa shape index (κ1) is 33.9. The summed E-state index contributed by atoms with van der Waals surface area (Å²) < 4.78 is 15.9. The third-order valence-electron chi connectivity index (χ3n) is 6.31. The maximum Gasteiger partial charge on any atom is 0.335 e. The number of amides is 4. The number of nitrogens with zero attached hydrogens (tertiary/aromatic N) is 1. The van der Waals surface area contributed by atoms with Gasteiger partial charge in [-0.15, -0.1) is 0 Å². The maximum atomic E-state index is 12.7. The molecule has 0 radical (unpaired) electrons. The first-order valence-electron chi connectivity index (χ1n) is 13.4. The van der Waals surface area contributed by atoms with Gasteiger partial charge in [0, 0.05) is 25.1 Å². The minimum Gasteiger partial charge on any atom is -0.479 e. The number of esters is 1. The molecule has 16 heteroatoms. The van der Waals surface area contributed by atoms with Crippen molar-refractivity contribution >= 4 is 47.3 Å². The van der Waals surface area contributed by atoms with Gasteiger partial charge in [0.05, 0.1) is 11.6 Å². The minimum atomic E-state index is -1.94. The van der Waals surface area contributed by atoms with Crippen molar-refractivity contribution < 1.29 is 63.4 Å². The lowest BCUT2D eigenvalue weighted by Gasteiger charge is -2.38. The number of aliphatic carboxylic acids is 1. The van der Waals surface area contributed by atoms with Crippen LogP contribution in [0.1, 0.15) is 25.8 Å². The smallest absolute Gasteiger partial charge is 0.335 e. The van der Waals surface area contributed by atoms with Gasteiger partial charge >= 0.3 is 11.9 Å². The van der Waals surface area contributed by atoms with Crippen LogP contribution in [0.3, 0.4) is 0 Å². The molecule has 0 aromatic heterocycles. The van der Waals surface area contributed by atoms with Crippen molar-refractivity contribution in [2.45, 2.75) is 51.0 Å². The van der Waals surface area contributed by atoms with Crippen molar-refractivity contribution in [3.63, 3.8) is 0 Å². The number of aliphatic hydroxyl groups is 3. The van der Waals surface area contributed by atoms with Crippen LogP contribution in [0.2, 0.25) is 0 Å². The van der Waals surface area contributed by atoms with E-state index in [1.807, 2.05) is 0 Å². The molecule has 2 heterocycles. The molecule has 1 aromatic carbocycles. The lowest BCUT2D eigenvalue weighted by Crippen LogP contribution is -2.61. The Balaban J connectivity index is 1.70. The summed E-state index contributed by atoms with van der Waals surface area (Å²) in [5.74, 6) is -4.99. The number of imide groups is 1. The van der Waals surface area contributed by atoms with Crippen molar-refractivity contribution in [2.24, 2.45) is 5.92 Å².